The fourth-order valence-electron chi connectivity index (χ4n) is 3.25. The Morgan fingerprint density at radius 1 is 1.09 bits per heavy atom. The number of ether oxygens (including phenoxy) is 1. The number of carbonyl (C=O) groups excluding carboxylic acids is 3. The first-order chi connectivity index (χ1) is 15.3. The number of halogens is 1. The molecule has 1 heterocycles. The molecule has 0 saturated carbocycles. The highest BCUT2D eigenvalue weighted by Gasteiger charge is 2.29. The number of piperidine rings is 1. The van der Waals surface area contributed by atoms with E-state index in [1.54, 1.807) is 17.0 Å². The maximum Gasteiger partial charge on any atom is 0.321 e. The van der Waals surface area contributed by atoms with Gasteiger partial charge in [-0.05, 0) is 37.1 Å². The third-order valence-corrected chi connectivity index (χ3v) is 5.15. The summed E-state index contributed by atoms with van der Waals surface area (Å²) in [7, 11) is 0. The zero-order chi connectivity index (χ0) is 23.1. The number of likely N-dealkylation sites (tertiary alicyclic amines) is 1. The van der Waals surface area contributed by atoms with Crippen LogP contribution in [0.25, 0.3) is 0 Å². The molecule has 1 fully saturated rings. The Labute approximate surface area is 188 Å². The van der Waals surface area contributed by atoms with Crippen LogP contribution in [0.3, 0.4) is 0 Å². The standard InChI is InChI=1S/C21H21ClN4O6/c22-15-6-7-18(26(30)31)17(12-15)24-19(27)13-32-20(28)14-8-10-25(11-9-14)21(29)23-16-4-2-1-3-5-16/h1-7,12,14H,8-11,13H2,(H,23,29)(H,24,27). The molecule has 1 saturated heterocycles. The van der Waals surface area contributed by atoms with Crippen molar-refractivity contribution < 1.29 is 24.0 Å². The van der Waals surface area contributed by atoms with Gasteiger partial charge < -0.3 is 20.3 Å². The van der Waals surface area contributed by atoms with E-state index in [0.717, 1.165) is 0 Å². The molecule has 2 aromatic carbocycles. The Bertz CT molecular complexity index is 1010. The van der Waals surface area contributed by atoms with E-state index in [1.807, 2.05) is 18.2 Å². The van der Waals surface area contributed by atoms with Gasteiger partial charge in [0.05, 0.1) is 10.8 Å². The number of para-hydroxylation sites is 1. The van der Waals surface area contributed by atoms with Crippen LogP contribution in [0.4, 0.5) is 21.9 Å². The minimum Gasteiger partial charge on any atom is -0.455 e. The number of esters is 1. The summed E-state index contributed by atoms with van der Waals surface area (Å²) in [5, 5.41) is 16.4. The van der Waals surface area contributed by atoms with Gasteiger partial charge in [-0.3, -0.25) is 19.7 Å². The number of rotatable bonds is 6. The van der Waals surface area contributed by atoms with E-state index in [9.17, 15) is 24.5 Å². The number of benzene rings is 2. The molecule has 0 aliphatic carbocycles. The van der Waals surface area contributed by atoms with Gasteiger partial charge in [0.1, 0.15) is 5.69 Å². The van der Waals surface area contributed by atoms with Crippen LogP contribution in [0.1, 0.15) is 12.8 Å². The number of nitro benzene ring substituents is 1. The smallest absolute Gasteiger partial charge is 0.321 e. The second kappa shape index (κ2) is 10.6. The molecule has 2 aromatic rings. The highest BCUT2D eigenvalue weighted by molar-refractivity contribution is 6.31. The maximum atomic E-state index is 12.3. The van der Waals surface area contributed by atoms with Crippen LogP contribution in [0.2, 0.25) is 5.02 Å². The fraction of sp³-hybridized carbons (Fsp3) is 0.286. The third-order valence-electron chi connectivity index (χ3n) is 4.92. The van der Waals surface area contributed by atoms with Crippen LogP contribution in [0.15, 0.2) is 48.5 Å². The van der Waals surface area contributed by atoms with Gasteiger partial charge in [0, 0.05) is 29.9 Å². The van der Waals surface area contributed by atoms with E-state index in [0.29, 0.717) is 31.6 Å². The predicted octanol–water partition coefficient (Wildman–Crippen LogP) is 3.67. The van der Waals surface area contributed by atoms with Crippen LogP contribution in [-0.4, -0.2) is 47.4 Å². The lowest BCUT2D eigenvalue weighted by Crippen LogP contribution is -2.43. The van der Waals surface area contributed by atoms with Crippen molar-refractivity contribution in [2.75, 3.05) is 30.3 Å². The Balaban J connectivity index is 1.44. The van der Waals surface area contributed by atoms with E-state index in [2.05, 4.69) is 10.6 Å². The summed E-state index contributed by atoms with van der Waals surface area (Å²) in [6, 6.07) is 12.6. The zero-order valence-electron chi connectivity index (χ0n) is 17.0. The molecule has 3 amide bonds. The fourth-order valence-corrected chi connectivity index (χ4v) is 3.42. The molecule has 1 aliphatic heterocycles. The molecule has 0 bridgehead atoms. The van der Waals surface area contributed by atoms with Gasteiger partial charge in [0.2, 0.25) is 0 Å². The van der Waals surface area contributed by atoms with Crippen molar-refractivity contribution in [2.45, 2.75) is 12.8 Å². The molecular formula is C21H21ClN4O6. The van der Waals surface area contributed by atoms with E-state index in [4.69, 9.17) is 16.3 Å². The van der Waals surface area contributed by atoms with Crippen molar-refractivity contribution in [3.63, 3.8) is 0 Å². The Morgan fingerprint density at radius 3 is 2.44 bits per heavy atom. The molecule has 1 aliphatic rings. The summed E-state index contributed by atoms with van der Waals surface area (Å²) in [6.07, 6.45) is 0.810. The monoisotopic (exact) mass is 460 g/mol. The van der Waals surface area contributed by atoms with Crippen LogP contribution < -0.4 is 10.6 Å². The van der Waals surface area contributed by atoms with Gasteiger partial charge in [-0.15, -0.1) is 0 Å². The minimum absolute atomic E-state index is 0.0821. The first-order valence-corrected chi connectivity index (χ1v) is 10.2. The van der Waals surface area contributed by atoms with Crippen molar-refractivity contribution in [3.8, 4) is 0 Å². The van der Waals surface area contributed by atoms with Gasteiger partial charge in [0.15, 0.2) is 6.61 Å². The van der Waals surface area contributed by atoms with E-state index < -0.39 is 29.3 Å². The molecule has 0 aromatic heterocycles. The van der Waals surface area contributed by atoms with Crippen LogP contribution in [0, 0.1) is 16.0 Å². The van der Waals surface area contributed by atoms with Gasteiger partial charge in [-0.1, -0.05) is 29.8 Å². The molecule has 168 valence electrons. The molecule has 10 nitrogen and oxygen atoms in total. The van der Waals surface area contributed by atoms with Crippen molar-refractivity contribution in [3.05, 3.63) is 63.7 Å². The van der Waals surface area contributed by atoms with Crippen LogP contribution >= 0.6 is 11.6 Å². The molecule has 3 rings (SSSR count). The number of nitrogens with one attached hydrogen (secondary N) is 2. The number of hydrogen-bond donors (Lipinski definition) is 2. The molecule has 11 heteroatoms. The SMILES string of the molecule is O=C(COC(=O)C1CCN(C(=O)Nc2ccccc2)CC1)Nc1cc(Cl)ccc1[N+](=O)[O-]. The predicted molar refractivity (Wildman–Crippen MR) is 117 cm³/mol. The third kappa shape index (κ3) is 6.17. The second-order valence-corrected chi connectivity index (χ2v) is 7.57. The van der Waals surface area contributed by atoms with Gasteiger partial charge in [-0.2, -0.15) is 0 Å². The Morgan fingerprint density at radius 2 is 1.78 bits per heavy atom. The van der Waals surface area contributed by atoms with Crippen LogP contribution in [-0.2, 0) is 14.3 Å². The number of nitrogens with zero attached hydrogens (tertiary/aromatic N) is 2. The number of anilines is 2. The number of amides is 3. The summed E-state index contributed by atoms with van der Waals surface area (Å²) in [5.74, 6) is -1.71. The van der Waals surface area contributed by atoms with E-state index in [-0.39, 0.29) is 22.4 Å². The maximum absolute atomic E-state index is 12.3. The Kier molecular flexibility index (Phi) is 7.61. The quantitative estimate of drug-likeness (QED) is 0.384. The second-order valence-electron chi connectivity index (χ2n) is 7.13. The molecule has 2 N–H and O–H groups in total. The Hall–Kier alpha value is -3.66. The number of hydrogen-bond acceptors (Lipinski definition) is 6. The largest absolute Gasteiger partial charge is 0.455 e. The molecule has 0 atom stereocenters. The normalized spacial score (nSPS) is 13.8. The van der Waals surface area contributed by atoms with E-state index in [1.165, 1.54) is 18.2 Å². The number of carbonyl (C=O) groups is 3. The molecular weight excluding hydrogens is 440 g/mol. The van der Waals surface area contributed by atoms with Crippen molar-refractivity contribution in [2.24, 2.45) is 5.92 Å². The topological polar surface area (TPSA) is 131 Å². The zero-order valence-corrected chi connectivity index (χ0v) is 17.7. The lowest BCUT2D eigenvalue weighted by atomic mass is 9.97. The summed E-state index contributed by atoms with van der Waals surface area (Å²) in [5.41, 5.74) is 0.279. The molecule has 32 heavy (non-hydrogen) atoms. The first-order valence-electron chi connectivity index (χ1n) is 9.85. The van der Waals surface area contributed by atoms with Gasteiger partial charge >= 0.3 is 12.0 Å². The van der Waals surface area contributed by atoms with E-state index >= 15 is 0 Å². The lowest BCUT2D eigenvalue weighted by Gasteiger charge is -2.30. The van der Waals surface area contributed by atoms with Crippen molar-refractivity contribution in [1.82, 2.24) is 4.90 Å². The van der Waals surface area contributed by atoms with Crippen LogP contribution in [0.5, 0.6) is 0 Å². The summed E-state index contributed by atoms with van der Waals surface area (Å²) in [6.45, 7) is 0.163. The highest BCUT2D eigenvalue weighted by Crippen LogP contribution is 2.27. The number of nitro groups is 1. The highest BCUT2D eigenvalue weighted by atomic mass is 35.5. The summed E-state index contributed by atoms with van der Waals surface area (Å²) in [4.78, 5) is 48.7. The number of urea groups is 1. The molecule has 0 spiro atoms. The minimum atomic E-state index is -0.719. The molecule has 0 unspecified atom stereocenters. The van der Waals surface area contributed by atoms with Gasteiger partial charge in [-0.25, -0.2) is 4.79 Å². The average Bonchev–Trinajstić information content (AvgIpc) is 2.78. The first kappa shape index (κ1) is 23.0. The summed E-state index contributed by atoms with van der Waals surface area (Å²) >= 11 is 5.82. The average molecular weight is 461 g/mol. The molecule has 0 radical (unpaired) electrons. The lowest BCUT2D eigenvalue weighted by molar-refractivity contribution is -0.383. The van der Waals surface area contributed by atoms with Crippen molar-refractivity contribution in [1.29, 1.82) is 0 Å². The summed E-state index contributed by atoms with van der Waals surface area (Å²) < 4.78 is 5.06. The van der Waals surface area contributed by atoms with Gasteiger partial charge in [0.25, 0.3) is 11.6 Å². The van der Waals surface area contributed by atoms with Crippen molar-refractivity contribution >= 4 is 46.6 Å².